The number of hydrogen-bond donors (Lipinski definition) is 1. The Balaban J connectivity index is 2.26. The topological polar surface area (TPSA) is 90.5 Å². The molecule has 0 bridgehead atoms. The first-order valence-corrected chi connectivity index (χ1v) is 4.84. The van der Waals surface area contributed by atoms with E-state index in [2.05, 4.69) is 25.9 Å². The average molecular weight is 257 g/mol. The largest absolute Gasteiger partial charge is 0.289 e. The van der Waals surface area contributed by atoms with Crippen LogP contribution >= 0.6 is 0 Å². The molecule has 0 radical (unpaired) electrons. The van der Waals surface area contributed by atoms with E-state index in [1.807, 2.05) is 0 Å². The van der Waals surface area contributed by atoms with Gasteiger partial charge < -0.3 is 0 Å². The summed E-state index contributed by atoms with van der Waals surface area (Å²) >= 11 is 0. The Morgan fingerprint density at radius 3 is 2.72 bits per heavy atom. The Kier molecular flexibility index (Phi) is 3.00. The van der Waals surface area contributed by atoms with Gasteiger partial charge in [0.15, 0.2) is 0 Å². The predicted molar refractivity (Wildman–Crippen MR) is 54.9 cm³/mol. The minimum atomic E-state index is -2.83. The smallest absolute Gasteiger partial charge is 0.282 e. The lowest BCUT2D eigenvalue weighted by Gasteiger charge is -2.02. The van der Waals surface area contributed by atoms with Crippen LogP contribution in [0.2, 0.25) is 0 Å². The van der Waals surface area contributed by atoms with Crippen LogP contribution in [0.3, 0.4) is 0 Å². The molecule has 0 aliphatic heterocycles. The molecule has 2 aromatic heterocycles. The number of rotatable bonds is 3. The van der Waals surface area contributed by atoms with Crippen LogP contribution in [0.5, 0.6) is 0 Å². The SMILES string of the molecule is Cn1cc(C(=O)Nc2nnnn2C)c(C(F)F)n1. The number of carbonyl (C=O) groups excluding carboxylic acids is 1. The maximum Gasteiger partial charge on any atom is 0.282 e. The summed E-state index contributed by atoms with van der Waals surface area (Å²) in [6, 6.07) is 0. The molecule has 8 nitrogen and oxygen atoms in total. The number of halogens is 2. The molecule has 2 rings (SSSR count). The van der Waals surface area contributed by atoms with Gasteiger partial charge in [-0.1, -0.05) is 5.10 Å². The van der Waals surface area contributed by atoms with Gasteiger partial charge in [0.2, 0.25) is 5.95 Å². The second-order valence-electron chi connectivity index (χ2n) is 3.48. The van der Waals surface area contributed by atoms with Crippen LogP contribution in [0.4, 0.5) is 14.7 Å². The van der Waals surface area contributed by atoms with Crippen LogP contribution in [0.25, 0.3) is 0 Å². The van der Waals surface area contributed by atoms with Gasteiger partial charge >= 0.3 is 0 Å². The Morgan fingerprint density at radius 2 is 2.17 bits per heavy atom. The molecule has 1 N–H and O–H groups in total. The molecule has 1 amide bonds. The molecule has 0 unspecified atom stereocenters. The van der Waals surface area contributed by atoms with E-state index in [0.29, 0.717) is 0 Å². The first kappa shape index (κ1) is 12.1. The fourth-order valence-corrected chi connectivity index (χ4v) is 1.35. The lowest BCUT2D eigenvalue weighted by molar-refractivity contribution is 0.101. The molecule has 0 fully saturated rings. The summed E-state index contributed by atoms with van der Waals surface area (Å²) < 4.78 is 27.7. The normalized spacial score (nSPS) is 10.9. The Hall–Kier alpha value is -2.39. The van der Waals surface area contributed by atoms with E-state index in [4.69, 9.17) is 0 Å². The van der Waals surface area contributed by atoms with Crippen LogP contribution in [0.1, 0.15) is 22.5 Å². The monoisotopic (exact) mass is 257 g/mol. The highest BCUT2D eigenvalue weighted by atomic mass is 19.3. The van der Waals surface area contributed by atoms with Crippen molar-refractivity contribution >= 4 is 11.9 Å². The number of nitrogens with zero attached hydrogens (tertiary/aromatic N) is 6. The lowest BCUT2D eigenvalue weighted by Crippen LogP contribution is -2.16. The maximum atomic E-state index is 12.7. The fourth-order valence-electron chi connectivity index (χ4n) is 1.35. The molecule has 0 saturated heterocycles. The molecule has 0 aliphatic carbocycles. The number of tetrazole rings is 1. The second-order valence-corrected chi connectivity index (χ2v) is 3.48. The Morgan fingerprint density at radius 1 is 1.44 bits per heavy atom. The first-order chi connectivity index (χ1) is 8.49. The molecule has 0 saturated carbocycles. The quantitative estimate of drug-likeness (QED) is 0.844. The van der Waals surface area contributed by atoms with Crippen molar-refractivity contribution in [3.8, 4) is 0 Å². The van der Waals surface area contributed by atoms with Crippen LogP contribution in [-0.4, -0.2) is 35.9 Å². The number of hydrogen-bond acceptors (Lipinski definition) is 5. The van der Waals surface area contributed by atoms with Crippen molar-refractivity contribution in [3.05, 3.63) is 17.5 Å². The minimum Gasteiger partial charge on any atom is -0.289 e. The van der Waals surface area contributed by atoms with Gasteiger partial charge in [-0.05, 0) is 10.4 Å². The van der Waals surface area contributed by atoms with Gasteiger partial charge in [0, 0.05) is 20.3 Å². The van der Waals surface area contributed by atoms with E-state index in [9.17, 15) is 13.6 Å². The molecular formula is C8H9F2N7O. The summed E-state index contributed by atoms with van der Waals surface area (Å²) in [5.41, 5.74) is -0.791. The molecule has 0 aromatic carbocycles. The number of aromatic nitrogens is 6. The third kappa shape index (κ3) is 2.17. The highest BCUT2D eigenvalue weighted by Crippen LogP contribution is 2.21. The van der Waals surface area contributed by atoms with E-state index in [0.717, 1.165) is 4.68 Å². The number of alkyl halides is 2. The first-order valence-electron chi connectivity index (χ1n) is 4.84. The second kappa shape index (κ2) is 4.47. The summed E-state index contributed by atoms with van der Waals surface area (Å²) in [4.78, 5) is 11.8. The van der Waals surface area contributed by atoms with Crippen LogP contribution in [-0.2, 0) is 14.1 Å². The van der Waals surface area contributed by atoms with E-state index < -0.39 is 18.0 Å². The van der Waals surface area contributed by atoms with E-state index in [1.165, 1.54) is 25.0 Å². The van der Waals surface area contributed by atoms with Crippen molar-refractivity contribution in [1.29, 1.82) is 0 Å². The Labute approximate surface area is 99.6 Å². The number of nitrogens with one attached hydrogen (secondary N) is 1. The number of carbonyl (C=O) groups is 1. The molecule has 2 aromatic rings. The Bertz CT molecular complexity index is 576. The van der Waals surface area contributed by atoms with Gasteiger partial charge in [-0.15, -0.1) is 0 Å². The summed E-state index contributed by atoms with van der Waals surface area (Å²) in [7, 11) is 2.96. The third-order valence-electron chi connectivity index (χ3n) is 2.15. The van der Waals surface area contributed by atoms with Gasteiger partial charge in [0.05, 0.1) is 5.56 Å². The van der Waals surface area contributed by atoms with Gasteiger partial charge in [0.25, 0.3) is 12.3 Å². The van der Waals surface area contributed by atoms with Gasteiger partial charge in [-0.3, -0.25) is 14.8 Å². The van der Waals surface area contributed by atoms with Gasteiger partial charge in [0.1, 0.15) is 5.69 Å². The highest BCUT2D eigenvalue weighted by molar-refractivity contribution is 6.04. The molecule has 0 spiro atoms. The number of aryl methyl sites for hydroxylation is 2. The zero-order valence-electron chi connectivity index (χ0n) is 9.50. The van der Waals surface area contributed by atoms with Crippen LogP contribution < -0.4 is 5.32 Å². The van der Waals surface area contributed by atoms with E-state index in [-0.39, 0.29) is 11.5 Å². The van der Waals surface area contributed by atoms with Gasteiger partial charge in [-0.25, -0.2) is 13.5 Å². The fraction of sp³-hybridized carbons (Fsp3) is 0.375. The summed E-state index contributed by atoms with van der Waals surface area (Å²) in [6.45, 7) is 0. The van der Waals surface area contributed by atoms with Crippen molar-refractivity contribution in [2.75, 3.05) is 5.32 Å². The van der Waals surface area contributed by atoms with Crippen molar-refractivity contribution in [2.45, 2.75) is 6.43 Å². The maximum absolute atomic E-state index is 12.7. The summed E-state index contributed by atoms with van der Waals surface area (Å²) in [6.07, 6.45) is -1.62. The summed E-state index contributed by atoms with van der Waals surface area (Å²) in [5, 5.41) is 16.2. The van der Waals surface area contributed by atoms with Gasteiger partial charge in [-0.2, -0.15) is 5.10 Å². The predicted octanol–water partition coefficient (Wildman–Crippen LogP) is 0.133. The zero-order chi connectivity index (χ0) is 13.3. The molecular weight excluding hydrogens is 248 g/mol. The molecule has 0 atom stereocenters. The summed E-state index contributed by atoms with van der Waals surface area (Å²) in [5.74, 6) is -0.680. The number of amides is 1. The molecule has 96 valence electrons. The van der Waals surface area contributed by atoms with Crippen molar-refractivity contribution in [1.82, 2.24) is 30.0 Å². The van der Waals surface area contributed by atoms with Crippen molar-refractivity contribution in [2.24, 2.45) is 14.1 Å². The van der Waals surface area contributed by atoms with Crippen molar-refractivity contribution < 1.29 is 13.6 Å². The van der Waals surface area contributed by atoms with Crippen molar-refractivity contribution in [3.63, 3.8) is 0 Å². The van der Waals surface area contributed by atoms with E-state index in [1.54, 1.807) is 0 Å². The number of anilines is 1. The average Bonchev–Trinajstić information content (AvgIpc) is 2.86. The molecule has 0 aliphatic rings. The molecule has 2 heterocycles. The lowest BCUT2D eigenvalue weighted by atomic mass is 10.2. The van der Waals surface area contributed by atoms with Crippen LogP contribution in [0.15, 0.2) is 6.20 Å². The molecule has 10 heteroatoms. The highest BCUT2D eigenvalue weighted by Gasteiger charge is 2.23. The standard InChI is InChI=1S/C8H9F2N7O/c1-16-3-4(5(13-16)6(9)10)7(18)11-8-12-14-15-17(8)2/h3,6H,1-2H3,(H,11,12,15,18). The third-order valence-corrected chi connectivity index (χ3v) is 2.15. The van der Waals surface area contributed by atoms with Crippen LogP contribution in [0, 0.1) is 0 Å². The zero-order valence-corrected chi connectivity index (χ0v) is 9.50. The minimum absolute atomic E-state index is 0.0593. The van der Waals surface area contributed by atoms with E-state index >= 15 is 0 Å². The molecule has 18 heavy (non-hydrogen) atoms.